The molecular formula is C11H9F2N3O2S. The predicted molar refractivity (Wildman–Crippen MR) is 65.8 cm³/mol. The van der Waals surface area contributed by atoms with E-state index in [1.807, 2.05) is 0 Å². The molecule has 0 spiro atoms. The van der Waals surface area contributed by atoms with Crippen LogP contribution in [0, 0.1) is 11.6 Å². The highest BCUT2D eigenvalue weighted by Gasteiger charge is 2.16. The monoisotopic (exact) mass is 285 g/mol. The minimum absolute atomic E-state index is 0.0516. The second kappa shape index (κ2) is 4.81. The van der Waals surface area contributed by atoms with E-state index in [0.717, 1.165) is 30.5 Å². The van der Waals surface area contributed by atoms with E-state index in [1.165, 1.54) is 6.07 Å². The van der Waals surface area contributed by atoms with Crippen molar-refractivity contribution in [2.75, 3.05) is 10.5 Å². The van der Waals surface area contributed by atoms with Gasteiger partial charge in [0.25, 0.3) is 10.0 Å². The van der Waals surface area contributed by atoms with Gasteiger partial charge in [0.05, 0.1) is 16.8 Å². The van der Waals surface area contributed by atoms with Gasteiger partial charge in [0.2, 0.25) is 0 Å². The quantitative estimate of drug-likeness (QED) is 0.841. The minimum Gasteiger partial charge on any atom is -0.396 e. The maximum absolute atomic E-state index is 13.0. The molecule has 0 saturated carbocycles. The fourth-order valence-electron chi connectivity index (χ4n) is 1.32. The summed E-state index contributed by atoms with van der Waals surface area (Å²) in [7, 11) is -3.95. The number of hydrogen-bond acceptors (Lipinski definition) is 4. The van der Waals surface area contributed by atoms with Crippen LogP contribution >= 0.6 is 0 Å². The molecule has 0 aliphatic heterocycles. The molecular weight excluding hydrogens is 276 g/mol. The lowest BCUT2D eigenvalue weighted by Crippen LogP contribution is -2.14. The van der Waals surface area contributed by atoms with Crippen molar-refractivity contribution >= 4 is 21.5 Å². The number of hydrogen-bond donors (Lipinski definition) is 2. The van der Waals surface area contributed by atoms with Gasteiger partial charge in [-0.05, 0) is 30.3 Å². The summed E-state index contributed by atoms with van der Waals surface area (Å²) in [5.41, 5.74) is 5.02. The number of sulfonamides is 1. The Balaban J connectivity index is 2.32. The summed E-state index contributed by atoms with van der Waals surface area (Å²) in [6, 6.07) is 5.23. The molecule has 0 amide bonds. The number of pyridine rings is 1. The van der Waals surface area contributed by atoms with Crippen LogP contribution < -0.4 is 10.5 Å². The van der Waals surface area contributed by atoms with E-state index in [9.17, 15) is 17.2 Å². The van der Waals surface area contributed by atoms with Crippen molar-refractivity contribution in [3.05, 3.63) is 48.2 Å². The third-order valence-electron chi connectivity index (χ3n) is 2.24. The Morgan fingerprint density at radius 3 is 2.47 bits per heavy atom. The highest BCUT2D eigenvalue weighted by atomic mass is 32.2. The van der Waals surface area contributed by atoms with Crippen molar-refractivity contribution < 1.29 is 17.2 Å². The smallest absolute Gasteiger partial charge is 0.263 e. The maximum atomic E-state index is 13.0. The molecule has 1 heterocycles. The van der Waals surface area contributed by atoms with Gasteiger partial charge in [0.1, 0.15) is 17.5 Å². The molecule has 8 heteroatoms. The minimum atomic E-state index is -3.95. The molecule has 0 saturated heterocycles. The molecule has 19 heavy (non-hydrogen) atoms. The number of benzene rings is 1. The van der Waals surface area contributed by atoms with E-state index < -0.39 is 21.7 Å². The average molecular weight is 285 g/mol. The van der Waals surface area contributed by atoms with Gasteiger partial charge in [0, 0.05) is 0 Å². The molecule has 0 fully saturated rings. The Labute approximate surface area is 108 Å². The Morgan fingerprint density at radius 2 is 1.89 bits per heavy atom. The van der Waals surface area contributed by atoms with Crippen LogP contribution in [0.1, 0.15) is 0 Å². The second-order valence-corrected chi connectivity index (χ2v) is 5.33. The molecule has 5 nitrogen and oxygen atoms in total. The fourth-order valence-corrected chi connectivity index (χ4v) is 2.37. The number of nitrogen functional groups attached to an aromatic ring is 1. The highest BCUT2D eigenvalue weighted by molar-refractivity contribution is 7.92. The molecule has 0 radical (unpaired) electrons. The average Bonchev–Trinajstić information content (AvgIpc) is 2.35. The largest absolute Gasteiger partial charge is 0.396 e. The number of halogens is 2. The van der Waals surface area contributed by atoms with E-state index in [0.29, 0.717) is 0 Å². The van der Waals surface area contributed by atoms with Crippen molar-refractivity contribution in [2.45, 2.75) is 4.90 Å². The van der Waals surface area contributed by atoms with Gasteiger partial charge < -0.3 is 5.73 Å². The summed E-state index contributed by atoms with van der Waals surface area (Å²) in [5.74, 6) is -1.35. The van der Waals surface area contributed by atoms with Gasteiger partial charge in [-0.3, -0.25) is 4.72 Å². The van der Waals surface area contributed by atoms with E-state index in [1.54, 1.807) is 0 Å². The molecule has 0 bridgehead atoms. The van der Waals surface area contributed by atoms with Crippen LogP contribution in [0.25, 0.3) is 0 Å². The van der Waals surface area contributed by atoms with Crippen molar-refractivity contribution in [1.82, 2.24) is 4.98 Å². The lowest BCUT2D eigenvalue weighted by atomic mass is 10.3. The van der Waals surface area contributed by atoms with Gasteiger partial charge in [0.15, 0.2) is 0 Å². The molecule has 100 valence electrons. The summed E-state index contributed by atoms with van der Waals surface area (Å²) >= 11 is 0. The summed E-state index contributed by atoms with van der Waals surface area (Å²) in [6.07, 6.45) is 0.872. The molecule has 2 aromatic rings. The van der Waals surface area contributed by atoms with E-state index >= 15 is 0 Å². The van der Waals surface area contributed by atoms with Gasteiger partial charge in [-0.2, -0.15) is 0 Å². The molecule has 1 aromatic heterocycles. The van der Waals surface area contributed by atoms with Gasteiger partial charge in [-0.1, -0.05) is 0 Å². The van der Waals surface area contributed by atoms with Crippen LogP contribution in [0.4, 0.5) is 20.3 Å². The zero-order valence-electron chi connectivity index (χ0n) is 9.47. The zero-order valence-corrected chi connectivity index (χ0v) is 10.3. The third kappa shape index (κ3) is 2.97. The first-order chi connectivity index (χ1) is 8.88. The standard InChI is InChI=1S/C11H9F2N3O2S/c12-7-1-4-11(15-6-7)16-19(17,18)8-2-3-9(13)10(14)5-8/h1-6H,14H2,(H,15,16). The van der Waals surface area contributed by atoms with Crippen LogP contribution in [0.3, 0.4) is 0 Å². The zero-order chi connectivity index (χ0) is 14.0. The first-order valence-electron chi connectivity index (χ1n) is 5.08. The number of aromatic nitrogens is 1. The number of nitrogens with two attached hydrogens (primary N) is 1. The van der Waals surface area contributed by atoms with Crippen LogP contribution in [0.2, 0.25) is 0 Å². The number of nitrogens with zero attached hydrogens (tertiary/aromatic N) is 1. The SMILES string of the molecule is Nc1cc(S(=O)(=O)Nc2ccc(F)cn2)ccc1F. The maximum Gasteiger partial charge on any atom is 0.263 e. The first kappa shape index (κ1) is 13.2. The van der Waals surface area contributed by atoms with Crippen LogP contribution in [-0.2, 0) is 10.0 Å². The summed E-state index contributed by atoms with van der Waals surface area (Å²) in [5, 5.41) is 0. The van der Waals surface area contributed by atoms with E-state index in [2.05, 4.69) is 9.71 Å². The Morgan fingerprint density at radius 1 is 1.16 bits per heavy atom. The topological polar surface area (TPSA) is 85.1 Å². The summed E-state index contributed by atoms with van der Waals surface area (Å²) < 4.78 is 51.6. The Hall–Kier alpha value is -2.22. The number of nitrogens with one attached hydrogen (secondary N) is 1. The lowest BCUT2D eigenvalue weighted by molar-refractivity contribution is 0.599. The van der Waals surface area contributed by atoms with E-state index in [4.69, 9.17) is 5.73 Å². The van der Waals surface area contributed by atoms with Gasteiger partial charge in [-0.15, -0.1) is 0 Å². The molecule has 0 atom stereocenters. The molecule has 0 aliphatic rings. The van der Waals surface area contributed by atoms with Crippen molar-refractivity contribution in [3.63, 3.8) is 0 Å². The fraction of sp³-hybridized carbons (Fsp3) is 0. The Kier molecular flexibility index (Phi) is 3.34. The second-order valence-electron chi connectivity index (χ2n) is 3.65. The molecule has 3 N–H and O–H groups in total. The molecule has 0 unspecified atom stereocenters. The van der Waals surface area contributed by atoms with Crippen molar-refractivity contribution in [2.24, 2.45) is 0 Å². The normalized spacial score (nSPS) is 11.3. The van der Waals surface area contributed by atoms with Crippen LogP contribution in [0.5, 0.6) is 0 Å². The lowest BCUT2D eigenvalue weighted by Gasteiger charge is -2.08. The van der Waals surface area contributed by atoms with Gasteiger partial charge >= 0.3 is 0 Å². The van der Waals surface area contributed by atoms with Crippen molar-refractivity contribution in [1.29, 1.82) is 0 Å². The summed E-state index contributed by atoms with van der Waals surface area (Å²) in [4.78, 5) is 3.35. The first-order valence-corrected chi connectivity index (χ1v) is 6.56. The molecule has 0 aliphatic carbocycles. The van der Waals surface area contributed by atoms with Gasteiger partial charge in [-0.25, -0.2) is 22.2 Å². The molecule has 2 rings (SSSR count). The van der Waals surface area contributed by atoms with Crippen molar-refractivity contribution in [3.8, 4) is 0 Å². The highest BCUT2D eigenvalue weighted by Crippen LogP contribution is 2.19. The van der Waals surface area contributed by atoms with Crippen LogP contribution in [0.15, 0.2) is 41.4 Å². The Bertz CT molecular complexity index is 702. The number of rotatable bonds is 3. The summed E-state index contributed by atoms with van der Waals surface area (Å²) in [6.45, 7) is 0. The molecule has 1 aromatic carbocycles. The predicted octanol–water partition coefficient (Wildman–Crippen LogP) is 1.74. The van der Waals surface area contributed by atoms with Crippen LogP contribution in [-0.4, -0.2) is 13.4 Å². The number of anilines is 2. The third-order valence-corrected chi connectivity index (χ3v) is 3.60. The van der Waals surface area contributed by atoms with E-state index in [-0.39, 0.29) is 16.4 Å².